The van der Waals surface area contributed by atoms with Gasteiger partial charge in [-0.05, 0) is 19.9 Å². The van der Waals surface area contributed by atoms with E-state index in [2.05, 4.69) is 5.32 Å². The monoisotopic (exact) mass is 165 g/mol. The molecule has 0 bridgehead atoms. The minimum Gasteiger partial charge on any atom is -0.392 e. The summed E-state index contributed by atoms with van der Waals surface area (Å²) in [6.07, 6.45) is 4.48. The SMILES string of the molecule is CN[C@@H]1CCCC[C@@H]1O.Cl. The Bertz CT molecular complexity index is 89.7. The predicted molar refractivity (Wildman–Crippen MR) is 44.6 cm³/mol. The van der Waals surface area contributed by atoms with Crippen LogP contribution in [0.1, 0.15) is 25.7 Å². The van der Waals surface area contributed by atoms with E-state index in [0.29, 0.717) is 6.04 Å². The van der Waals surface area contributed by atoms with Crippen LogP contribution in [-0.4, -0.2) is 24.3 Å². The highest BCUT2D eigenvalue weighted by Crippen LogP contribution is 2.17. The summed E-state index contributed by atoms with van der Waals surface area (Å²) < 4.78 is 0. The number of likely N-dealkylation sites (N-methyl/N-ethyl adjacent to an activating group) is 1. The summed E-state index contributed by atoms with van der Waals surface area (Å²) >= 11 is 0. The Labute approximate surface area is 68.4 Å². The van der Waals surface area contributed by atoms with Gasteiger partial charge in [-0.25, -0.2) is 0 Å². The highest BCUT2D eigenvalue weighted by atomic mass is 35.5. The van der Waals surface area contributed by atoms with Crippen LogP contribution in [0, 0.1) is 0 Å². The highest BCUT2D eigenvalue weighted by Gasteiger charge is 2.20. The molecule has 1 aliphatic rings. The zero-order valence-electron chi connectivity index (χ0n) is 6.34. The number of nitrogens with one attached hydrogen (secondary N) is 1. The van der Waals surface area contributed by atoms with Gasteiger partial charge in [0, 0.05) is 6.04 Å². The molecule has 62 valence electrons. The van der Waals surface area contributed by atoms with Gasteiger partial charge in [0.05, 0.1) is 6.10 Å². The van der Waals surface area contributed by atoms with Crippen LogP contribution in [0.25, 0.3) is 0 Å². The molecule has 0 aliphatic heterocycles. The number of aliphatic hydroxyl groups is 1. The van der Waals surface area contributed by atoms with Crippen molar-refractivity contribution in [2.24, 2.45) is 0 Å². The van der Waals surface area contributed by atoms with Crippen molar-refractivity contribution in [1.82, 2.24) is 5.32 Å². The topological polar surface area (TPSA) is 32.3 Å². The lowest BCUT2D eigenvalue weighted by Crippen LogP contribution is -2.39. The van der Waals surface area contributed by atoms with Crippen molar-refractivity contribution in [2.75, 3.05) is 7.05 Å². The van der Waals surface area contributed by atoms with Crippen LogP contribution >= 0.6 is 12.4 Å². The zero-order chi connectivity index (χ0) is 6.69. The fourth-order valence-electron chi connectivity index (χ4n) is 1.45. The minimum absolute atomic E-state index is 0. The van der Waals surface area contributed by atoms with Crippen LogP contribution < -0.4 is 5.32 Å². The van der Waals surface area contributed by atoms with Crippen molar-refractivity contribution < 1.29 is 5.11 Å². The van der Waals surface area contributed by atoms with Gasteiger partial charge in [0.1, 0.15) is 0 Å². The van der Waals surface area contributed by atoms with Crippen LogP contribution in [0.5, 0.6) is 0 Å². The van der Waals surface area contributed by atoms with Crippen LogP contribution in [0.4, 0.5) is 0 Å². The maximum absolute atomic E-state index is 9.31. The fraction of sp³-hybridized carbons (Fsp3) is 1.00. The molecule has 0 aromatic carbocycles. The molecule has 0 radical (unpaired) electrons. The summed E-state index contributed by atoms with van der Waals surface area (Å²) in [5.41, 5.74) is 0. The maximum Gasteiger partial charge on any atom is 0.0693 e. The van der Waals surface area contributed by atoms with Crippen molar-refractivity contribution in [1.29, 1.82) is 0 Å². The molecule has 1 aliphatic carbocycles. The minimum atomic E-state index is -0.0938. The van der Waals surface area contributed by atoms with Gasteiger partial charge in [-0.15, -0.1) is 12.4 Å². The summed E-state index contributed by atoms with van der Waals surface area (Å²) in [6.45, 7) is 0. The van der Waals surface area contributed by atoms with E-state index in [1.165, 1.54) is 12.8 Å². The molecule has 2 atom stereocenters. The van der Waals surface area contributed by atoms with E-state index in [0.717, 1.165) is 12.8 Å². The Kier molecular flexibility index (Phi) is 5.04. The number of hydrogen-bond acceptors (Lipinski definition) is 2. The molecule has 0 aromatic heterocycles. The Balaban J connectivity index is 0.000000810. The normalized spacial score (nSPS) is 33.0. The third-order valence-corrected chi connectivity index (χ3v) is 2.10. The van der Waals surface area contributed by atoms with E-state index in [-0.39, 0.29) is 18.5 Å². The number of hydrogen-bond donors (Lipinski definition) is 2. The van der Waals surface area contributed by atoms with E-state index in [1.807, 2.05) is 7.05 Å². The molecule has 10 heavy (non-hydrogen) atoms. The van der Waals surface area contributed by atoms with Gasteiger partial charge in [0.15, 0.2) is 0 Å². The molecule has 3 heteroatoms. The van der Waals surface area contributed by atoms with Gasteiger partial charge in [-0.1, -0.05) is 12.8 Å². The lowest BCUT2D eigenvalue weighted by atomic mass is 9.93. The lowest BCUT2D eigenvalue weighted by molar-refractivity contribution is 0.0948. The van der Waals surface area contributed by atoms with Gasteiger partial charge in [0.25, 0.3) is 0 Å². The summed E-state index contributed by atoms with van der Waals surface area (Å²) in [4.78, 5) is 0. The fourth-order valence-corrected chi connectivity index (χ4v) is 1.45. The first-order valence-electron chi connectivity index (χ1n) is 3.70. The van der Waals surface area contributed by atoms with Gasteiger partial charge in [-0.3, -0.25) is 0 Å². The molecule has 2 nitrogen and oxygen atoms in total. The van der Waals surface area contributed by atoms with Crippen molar-refractivity contribution >= 4 is 12.4 Å². The first kappa shape index (κ1) is 10.2. The van der Waals surface area contributed by atoms with Gasteiger partial charge in [0.2, 0.25) is 0 Å². The Hall–Kier alpha value is 0.210. The summed E-state index contributed by atoms with van der Waals surface area (Å²) in [6, 6.07) is 0.360. The molecule has 1 fully saturated rings. The number of halogens is 1. The molecule has 1 rings (SSSR count). The molecule has 0 amide bonds. The van der Waals surface area contributed by atoms with Crippen LogP contribution in [-0.2, 0) is 0 Å². The third-order valence-electron chi connectivity index (χ3n) is 2.10. The summed E-state index contributed by atoms with van der Waals surface area (Å²) in [5.74, 6) is 0. The van der Waals surface area contributed by atoms with Gasteiger partial charge < -0.3 is 10.4 Å². The Morgan fingerprint density at radius 2 is 1.90 bits per heavy atom. The Morgan fingerprint density at radius 1 is 1.30 bits per heavy atom. The average Bonchev–Trinajstić information content (AvgIpc) is 1.89. The summed E-state index contributed by atoms with van der Waals surface area (Å²) in [7, 11) is 1.92. The lowest BCUT2D eigenvalue weighted by Gasteiger charge is -2.26. The van der Waals surface area contributed by atoms with E-state index >= 15 is 0 Å². The molecule has 1 saturated carbocycles. The van der Waals surface area contributed by atoms with Gasteiger partial charge in [-0.2, -0.15) is 0 Å². The highest BCUT2D eigenvalue weighted by molar-refractivity contribution is 5.85. The molecule has 0 saturated heterocycles. The van der Waals surface area contributed by atoms with Crippen molar-refractivity contribution in [3.8, 4) is 0 Å². The quantitative estimate of drug-likeness (QED) is 0.606. The zero-order valence-corrected chi connectivity index (χ0v) is 7.16. The van der Waals surface area contributed by atoms with Crippen molar-refractivity contribution in [3.05, 3.63) is 0 Å². The first-order valence-corrected chi connectivity index (χ1v) is 3.70. The maximum atomic E-state index is 9.31. The number of aliphatic hydroxyl groups excluding tert-OH is 1. The first-order chi connectivity index (χ1) is 4.34. The third kappa shape index (κ3) is 2.45. The molecule has 2 N–H and O–H groups in total. The van der Waals surface area contributed by atoms with Crippen LogP contribution in [0.15, 0.2) is 0 Å². The van der Waals surface area contributed by atoms with Crippen molar-refractivity contribution in [3.63, 3.8) is 0 Å². The second-order valence-corrected chi connectivity index (χ2v) is 2.75. The molecular weight excluding hydrogens is 150 g/mol. The molecule has 0 heterocycles. The standard InChI is InChI=1S/C7H15NO.ClH/c1-8-6-4-2-3-5-7(6)9;/h6-9H,2-5H2,1H3;1H/t6-,7+;/m1./s1. The molecule has 0 aromatic rings. The smallest absolute Gasteiger partial charge is 0.0693 e. The second-order valence-electron chi connectivity index (χ2n) is 2.75. The van der Waals surface area contributed by atoms with Crippen LogP contribution in [0.3, 0.4) is 0 Å². The van der Waals surface area contributed by atoms with E-state index < -0.39 is 0 Å². The molecule has 0 unspecified atom stereocenters. The van der Waals surface area contributed by atoms with Crippen LogP contribution in [0.2, 0.25) is 0 Å². The van der Waals surface area contributed by atoms with E-state index in [4.69, 9.17) is 0 Å². The van der Waals surface area contributed by atoms with E-state index in [1.54, 1.807) is 0 Å². The van der Waals surface area contributed by atoms with Crippen molar-refractivity contribution in [2.45, 2.75) is 37.8 Å². The predicted octanol–water partition coefficient (Wildman–Crippen LogP) is 0.931. The molecular formula is C7H16ClNO. The van der Waals surface area contributed by atoms with E-state index in [9.17, 15) is 5.11 Å². The summed E-state index contributed by atoms with van der Waals surface area (Å²) in [5, 5.41) is 12.4. The Morgan fingerprint density at radius 3 is 2.30 bits per heavy atom. The largest absolute Gasteiger partial charge is 0.392 e. The molecule has 0 spiro atoms. The average molecular weight is 166 g/mol. The van der Waals surface area contributed by atoms with Gasteiger partial charge >= 0.3 is 0 Å². The number of rotatable bonds is 1. The second kappa shape index (κ2) is 4.94.